The number of carbonyl (C=O) groups is 1. The Morgan fingerprint density at radius 3 is 2.62 bits per heavy atom. The first-order valence-electron chi connectivity index (χ1n) is 6.79. The van der Waals surface area contributed by atoms with Crippen LogP contribution in [0.5, 0.6) is 0 Å². The summed E-state index contributed by atoms with van der Waals surface area (Å²) >= 11 is 6.70. The molecule has 112 valence electrons. The molecule has 21 heavy (non-hydrogen) atoms. The summed E-state index contributed by atoms with van der Waals surface area (Å²) in [7, 11) is 0. The summed E-state index contributed by atoms with van der Waals surface area (Å²) in [6.45, 7) is 7.53. The summed E-state index contributed by atoms with van der Waals surface area (Å²) in [5.74, 6) is -0.155. The molecular formula is C15H19N3OS2. The maximum absolute atomic E-state index is 12.2. The van der Waals surface area contributed by atoms with Gasteiger partial charge < -0.3 is 10.2 Å². The number of rotatable bonds is 5. The van der Waals surface area contributed by atoms with Crippen LogP contribution in [0.3, 0.4) is 0 Å². The minimum Gasteiger partial charge on any atom is -0.358 e. The number of amides is 1. The van der Waals surface area contributed by atoms with Gasteiger partial charge in [-0.15, -0.1) is 0 Å². The molecular weight excluding hydrogens is 302 g/mol. The van der Waals surface area contributed by atoms with Gasteiger partial charge in [0.15, 0.2) is 0 Å². The second-order valence-corrected chi connectivity index (χ2v) is 6.32. The van der Waals surface area contributed by atoms with Crippen molar-refractivity contribution in [3.05, 3.63) is 29.8 Å². The van der Waals surface area contributed by atoms with Crippen LogP contribution in [0.25, 0.3) is 0 Å². The summed E-state index contributed by atoms with van der Waals surface area (Å²) in [4.78, 5) is 14.2. The molecule has 6 heteroatoms. The largest absolute Gasteiger partial charge is 0.358 e. The molecule has 1 rings (SSSR count). The van der Waals surface area contributed by atoms with E-state index in [0.717, 1.165) is 17.4 Å². The van der Waals surface area contributed by atoms with E-state index in [-0.39, 0.29) is 11.2 Å². The molecule has 0 radical (unpaired) electrons. The van der Waals surface area contributed by atoms with Crippen LogP contribution in [-0.2, 0) is 4.79 Å². The smallest absolute Gasteiger partial charge is 0.237 e. The van der Waals surface area contributed by atoms with Gasteiger partial charge in [0, 0.05) is 13.1 Å². The van der Waals surface area contributed by atoms with Crippen LogP contribution in [0, 0.1) is 11.3 Å². The fourth-order valence-electron chi connectivity index (χ4n) is 1.69. The molecule has 1 N–H and O–H groups in total. The van der Waals surface area contributed by atoms with E-state index in [2.05, 4.69) is 11.4 Å². The van der Waals surface area contributed by atoms with Gasteiger partial charge in [-0.2, -0.15) is 5.26 Å². The zero-order chi connectivity index (χ0) is 15.8. The first-order valence-corrected chi connectivity index (χ1v) is 8.07. The standard InChI is InChI=1S/C15H19N3OS2/c1-4-18(5-2)15(20)21-11(3)14(19)17-13-9-7-6-8-12(13)10-16/h6-9,11H,4-5H2,1-3H3,(H,17,19)/t11-/m1/s1. The summed E-state index contributed by atoms with van der Waals surface area (Å²) < 4.78 is 0.719. The summed E-state index contributed by atoms with van der Waals surface area (Å²) in [6.07, 6.45) is 0. The number of carbonyl (C=O) groups excluding carboxylic acids is 1. The monoisotopic (exact) mass is 321 g/mol. The van der Waals surface area contributed by atoms with Gasteiger partial charge in [0.05, 0.1) is 16.5 Å². The van der Waals surface area contributed by atoms with Crippen molar-refractivity contribution in [1.82, 2.24) is 4.90 Å². The topological polar surface area (TPSA) is 56.1 Å². The predicted octanol–water partition coefficient (Wildman–Crippen LogP) is 3.25. The number of benzene rings is 1. The van der Waals surface area contributed by atoms with Crippen molar-refractivity contribution in [2.24, 2.45) is 0 Å². The fraction of sp³-hybridized carbons (Fsp3) is 0.400. The number of hydrogen-bond acceptors (Lipinski definition) is 4. The van der Waals surface area contributed by atoms with Crippen molar-refractivity contribution >= 4 is 39.9 Å². The van der Waals surface area contributed by atoms with Crippen LogP contribution in [-0.4, -0.2) is 33.5 Å². The Kier molecular flexibility index (Phi) is 7.20. The number of para-hydroxylation sites is 1. The molecule has 0 aromatic heterocycles. The quantitative estimate of drug-likeness (QED) is 0.844. The van der Waals surface area contributed by atoms with Crippen LogP contribution in [0.2, 0.25) is 0 Å². The summed E-state index contributed by atoms with van der Waals surface area (Å²) in [5, 5.41) is 11.5. The van der Waals surface area contributed by atoms with Gasteiger partial charge in [-0.25, -0.2) is 0 Å². The number of nitrogens with one attached hydrogen (secondary N) is 1. The molecule has 0 aliphatic carbocycles. The SMILES string of the molecule is CCN(CC)C(=S)S[C@H](C)C(=O)Nc1ccccc1C#N. The molecule has 0 fully saturated rings. The minimum atomic E-state index is -0.315. The minimum absolute atomic E-state index is 0.155. The third-order valence-corrected chi connectivity index (χ3v) is 4.55. The molecule has 4 nitrogen and oxygen atoms in total. The number of anilines is 1. The third kappa shape index (κ3) is 5.03. The molecule has 1 aromatic rings. The highest BCUT2D eigenvalue weighted by molar-refractivity contribution is 8.23. The van der Waals surface area contributed by atoms with Gasteiger partial charge in [0.25, 0.3) is 0 Å². The molecule has 0 bridgehead atoms. The van der Waals surface area contributed by atoms with E-state index < -0.39 is 0 Å². The second kappa shape index (κ2) is 8.65. The van der Waals surface area contributed by atoms with Crippen LogP contribution < -0.4 is 5.32 Å². The van der Waals surface area contributed by atoms with Gasteiger partial charge in [0.2, 0.25) is 5.91 Å². The number of nitrogens with zero attached hydrogens (tertiary/aromatic N) is 2. The Morgan fingerprint density at radius 2 is 2.05 bits per heavy atom. The lowest BCUT2D eigenvalue weighted by Crippen LogP contribution is -2.31. The van der Waals surface area contributed by atoms with Crippen molar-refractivity contribution < 1.29 is 4.79 Å². The lowest BCUT2D eigenvalue weighted by atomic mass is 10.2. The summed E-state index contributed by atoms with van der Waals surface area (Å²) in [5.41, 5.74) is 0.987. The van der Waals surface area contributed by atoms with E-state index >= 15 is 0 Å². The van der Waals surface area contributed by atoms with Crippen LogP contribution in [0.1, 0.15) is 26.3 Å². The molecule has 0 aliphatic rings. The number of thiocarbonyl (C=S) groups is 1. The van der Waals surface area contributed by atoms with E-state index in [4.69, 9.17) is 17.5 Å². The van der Waals surface area contributed by atoms with Crippen molar-refractivity contribution in [2.75, 3.05) is 18.4 Å². The molecule has 0 aliphatic heterocycles. The average Bonchev–Trinajstić information content (AvgIpc) is 2.48. The summed E-state index contributed by atoms with van der Waals surface area (Å²) in [6, 6.07) is 9.01. The molecule has 0 heterocycles. The van der Waals surface area contributed by atoms with Crippen LogP contribution in [0.15, 0.2) is 24.3 Å². The van der Waals surface area contributed by atoms with Crippen molar-refractivity contribution in [1.29, 1.82) is 5.26 Å². The average molecular weight is 321 g/mol. The van der Waals surface area contributed by atoms with Gasteiger partial charge >= 0.3 is 0 Å². The highest BCUT2D eigenvalue weighted by Crippen LogP contribution is 2.19. The Hall–Kier alpha value is -1.58. The Balaban J connectivity index is 2.67. The zero-order valence-electron chi connectivity index (χ0n) is 12.4. The van der Waals surface area contributed by atoms with Gasteiger partial charge in [0.1, 0.15) is 10.4 Å². The van der Waals surface area contributed by atoms with Gasteiger partial charge in [-0.3, -0.25) is 4.79 Å². The molecule has 0 saturated carbocycles. The van der Waals surface area contributed by atoms with E-state index in [9.17, 15) is 4.79 Å². The first-order chi connectivity index (χ1) is 10.0. The molecule has 0 saturated heterocycles. The molecule has 0 spiro atoms. The normalized spacial score (nSPS) is 11.3. The maximum atomic E-state index is 12.2. The Bertz CT molecular complexity index is 550. The van der Waals surface area contributed by atoms with Crippen molar-refractivity contribution in [3.63, 3.8) is 0 Å². The predicted molar refractivity (Wildman–Crippen MR) is 92.4 cm³/mol. The van der Waals surface area contributed by atoms with Gasteiger partial charge in [-0.05, 0) is 32.9 Å². The van der Waals surface area contributed by atoms with Gasteiger partial charge in [-0.1, -0.05) is 36.1 Å². The van der Waals surface area contributed by atoms with E-state index in [1.165, 1.54) is 11.8 Å². The molecule has 0 unspecified atom stereocenters. The van der Waals surface area contributed by atoms with Crippen molar-refractivity contribution in [3.8, 4) is 6.07 Å². The maximum Gasteiger partial charge on any atom is 0.237 e. The van der Waals surface area contributed by atoms with E-state index in [1.54, 1.807) is 24.3 Å². The lowest BCUT2D eigenvalue weighted by Gasteiger charge is -2.23. The number of hydrogen-bond donors (Lipinski definition) is 1. The Labute approximate surface area is 135 Å². The highest BCUT2D eigenvalue weighted by Gasteiger charge is 2.19. The van der Waals surface area contributed by atoms with Crippen LogP contribution in [0.4, 0.5) is 5.69 Å². The third-order valence-electron chi connectivity index (χ3n) is 2.97. The molecule has 1 atom stereocenters. The molecule has 1 aromatic carbocycles. The van der Waals surface area contributed by atoms with E-state index in [1.807, 2.05) is 25.7 Å². The Morgan fingerprint density at radius 1 is 1.43 bits per heavy atom. The zero-order valence-corrected chi connectivity index (χ0v) is 14.1. The lowest BCUT2D eigenvalue weighted by molar-refractivity contribution is -0.115. The fourth-order valence-corrected chi connectivity index (χ4v) is 3.25. The van der Waals surface area contributed by atoms with E-state index in [0.29, 0.717) is 11.3 Å². The van der Waals surface area contributed by atoms with Crippen molar-refractivity contribution in [2.45, 2.75) is 26.0 Å². The first kappa shape index (κ1) is 17.5. The highest BCUT2D eigenvalue weighted by atomic mass is 32.2. The second-order valence-electron chi connectivity index (χ2n) is 4.34. The molecule has 1 amide bonds. The van der Waals surface area contributed by atoms with Crippen LogP contribution >= 0.6 is 24.0 Å². The number of nitriles is 1. The number of thioether (sulfide) groups is 1.